The lowest BCUT2D eigenvalue weighted by atomic mass is 10.0. The van der Waals surface area contributed by atoms with Crippen molar-refractivity contribution in [2.24, 2.45) is 0 Å². The Morgan fingerprint density at radius 3 is 0.767 bits per heavy atom. The Kier molecular flexibility index (Phi) is 23.7. The molecule has 8 heterocycles. The van der Waals surface area contributed by atoms with Crippen molar-refractivity contribution in [3.8, 4) is 0 Å². The fraction of sp³-hybridized carbons (Fsp3) is 0.143. The number of hydrogen-bond donors (Lipinski definition) is 0. The maximum Gasteiger partial charge on any atom is 0.0384 e. The van der Waals surface area contributed by atoms with Crippen LogP contribution in [0, 0.1) is 111 Å². The highest BCUT2D eigenvalue weighted by molar-refractivity contribution is 7.28. The number of fused-ring (bicyclic) bond motifs is 24. The predicted molar refractivity (Wildman–Crippen MR) is 550 cm³/mol. The Bertz CT molecular complexity index is 7740. The molecule has 16 aromatic carbocycles. The van der Waals surface area contributed by atoms with Crippen LogP contribution in [0.4, 0.5) is 0 Å². The van der Waals surface area contributed by atoms with E-state index >= 15 is 0 Å². The number of rotatable bonds is 0. The fourth-order valence-corrected chi connectivity index (χ4v) is 26.6. The molecule has 0 aliphatic carbocycles. The molecule has 0 nitrogen and oxygen atoms in total. The molecule has 0 bridgehead atoms. The first kappa shape index (κ1) is 81.6. The molecule has 120 heavy (non-hydrogen) atoms. The summed E-state index contributed by atoms with van der Waals surface area (Å²) >= 11 is 15.2. The lowest BCUT2D eigenvalue weighted by molar-refractivity contribution is 1.51. The molecule has 0 radical (unpaired) electrons. The molecule has 0 saturated heterocycles. The molecule has 0 saturated carbocycles. The minimum Gasteiger partial charge on any atom is -0.135 e. The molecule has 0 aliphatic heterocycles. The monoisotopic (exact) mass is 1700 g/mol. The summed E-state index contributed by atoms with van der Waals surface area (Å²) in [5.41, 5.74) is 21.8. The summed E-state index contributed by atoms with van der Waals surface area (Å²) in [6.45, 7) is 34.7. The van der Waals surface area contributed by atoms with Crippen LogP contribution in [0.15, 0.2) is 291 Å². The number of benzene rings is 16. The van der Waals surface area contributed by atoms with E-state index < -0.39 is 0 Å². The zero-order valence-corrected chi connectivity index (χ0v) is 77.5. The molecule has 8 heteroatoms. The zero-order valence-electron chi connectivity index (χ0n) is 71.0. The second-order valence-corrected chi connectivity index (χ2v) is 40.9. The molecule has 592 valence electrons. The molecule has 0 N–H and O–H groups in total. The van der Waals surface area contributed by atoms with Gasteiger partial charge in [-0.15, -0.1) is 90.7 Å². The fourth-order valence-electron chi connectivity index (χ4n) is 16.7. The first-order valence-corrected chi connectivity index (χ1v) is 47.7. The second-order valence-electron chi connectivity index (χ2n) is 32.4. The minimum absolute atomic E-state index is 1.34. The predicted octanol–water partition coefficient (Wildman–Crippen LogP) is 37.4. The first-order chi connectivity index (χ1) is 58.0. The van der Waals surface area contributed by atoms with Gasteiger partial charge in [0.05, 0.1) is 0 Å². The van der Waals surface area contributed by atoms with Crippen LogP contribution < -0.4 is 0 Å². The van der Waals surface area contributed by atoms with Crippen molar-refractivity contribution < 1.29 is 0 Å². The van der Waals surface area contributed by atoms with E-state index in [1.54, 1.807) is 0 Å². The van der Waals surface area contributed by atoms with E-state index in [-0.39, 0.29) is 0 Å². The van der Waals surface area contributed by atoms with Gasteiger partial charge in [-0.25, -0.2) is 0 Å². The molecule has 0 unspecified atom stereocenters. The van der Waals surface area contributed by atoms with Crippen LogP contribution in [-0.4, -0.2) is 0 Å². The molecule has 0 atom stereocenters. The van der Waals surface area contributed by atoms with Crippen molar-refractivity contribution in [1.82, 2.24) is 0 Å². The summed E-state index contributed by atoms with van der Waals surface area (Å²) < 4.78 is 22.5. The van der Waals surface area contributed by atoms with Gasteiger partial charge in [0.1, 0.15) is 0 Å². The van der Waals surface area contributed by atoms with Crippen molar-refractivity contribution in [2.75, 3.05) is 0 Å². The molecule has 0 aliphatic rings. The zero-order chi connectivity index (χ0) is 83.3. The van der Waals surface area contributed by atoms with Crippen molar-refractivity contribution in [3.63, 3.8) is 0 Å². The molecule has 24 aromatic rings. The van der Waals surface area contributed by atoms with Crippen LogP contribution in [0.25, 0.3) is 161 Å². The van der Waals surface area contributed by atoms with Crippen LogP contribution in [0.2, 0.25) is 0 Å². The smallest absolute Gasteiger partial charge is 0.0384 e. The number of thiophene rings is 8. The van der Waals surface area contributed by atoms with E-state index in [0.29, 0.717) is 0 Å². The third kappa shape index (κ3) is 16.6. The third-order valence-electron chi connectivity index (χ3n) is 22.9. The van der Waals surface area contributed by atoms with Gasteiger partial charge in [-0.1, -0.05) is 223 Å². The van der Waals surface area contributed by atoms with Crippen molar-refractivity contribution >= 4 is 252 Å². The van der Waals surface area contributed by atoms with Gasteiger partial charge in [0.2, 0.25) is 0 Å². The van der Waals surface area contributed by atoms with Gasteiger partial charge in [0.25, 0.3) is 0 Å². The maximum absolute atomic E-state index is 2.29. The lowest BCUT2D eigenvalue weighted by Gasteiger charge is -1.99. The van der Waals surface area contributed by atoms with Crippen molar-refractivity contribution in [1.29, 1.82) is 0 Å². The van der Waals surface area contributed by atoms with E-state index in [1.165, 1.54) is 250 Å². The first-order valence-electron chi connectivity index (χ1n) is 41.1. The normalized spacial score (nSPS) is 11.3. The second kappa shape index (κ2) is 34.8. The Morgan fingerprint density at radius 2 is 0.342 bits per heavy atom. The van der Waals surface area contributed by atoms with Gasteiger partial charge in [-0.2, -0.15) is 0 Å². The summed E-state index contributed by atoms with van der Waals surface area (Å²) in [5.74, 6) is 0. The van der Waals surface area contributed by atoms with Gasteiger partial charge in [-0.05, 0) is 268 Å². The molecule has 0 spiro atoms. The van der Waals surface area contributed by atoms with Crippen LogP contribution in [-0.2, 0) is 0 Å². The van der Waals surface area contributed by atoms with Gasteiger partial charge >= 0.3 is 0 Å². The standard InChI is InChI=1S/8C14H12S/c1-9-5-4-8-12-13(9)11-7-3-6-10(2)14(11)15-12;1-9-4-6-13-12(7-9)11-5-3-10(2)8-14(11)15-13;1-9-3-5-11-12-6-4-10(2)8-14(12)15-13(11)7-9;1-9-5-3-7-11-13(9)14-10(2)6-4-8-12(14)15-11;1-9-5-3-7-11-12-8-4-6-10(2)14(12)15-13(9)11;1-9-6-7-11-13(8-9)15-12-5-3-4-10(2)14(11)12;1-9-6-7-11-12-5-3-4-10(2)14(12)15-13(11)8-9;1-9-6-7-13-12(8-9)11-5-3-4-10(2)14(11)15-13/h8*3-8H,1-2H3. The van der Waals surface area contributed by atoms with Gasteiger partial charge in [0, 0.05) is 161 Å². The highest BCUT2D eigenvalue weighted by Crippen LogP contribution is 2.44. The average molecular weight is 1700 g/mol. The topological polar surface area (TPSA) is 0 Å². The van der Waals surface area contributed by atoms with Crippen LogP contribution >= 0.6 is 90.7 Å². The Morgan fingerprint density at radius 1 is 0.125 bits per heavy atom. The molecule has 8 aromatic heterocycles. The lowest BCUT2D eigenvalue weighted by Crippen LogP contribution is -1.76. The van der Waals surface area contributed by atoms with E-state index in [1.807, 2.05) is 90.7 Å². The van der Waals surface area contributed by atoms with Crippen LogP contribution in [0.5, 0.6) is 0 Å². The number of hydrogen-bond acceptors (Lipinski definition) is 8. The molecule has 0 fully saturated rings. The third-order valence-corrected chi connectivity index (χ3v) is 32.8. The Labute approximate surface area is 736 Å². The summed E-state index contributed by atoms with van der Waals surface area (Å²) in [4.78, 5) is 0. The average Bonchev–Trinajstić information content (AvgIpc) is 1.63. The maximum atomic E-state index is 2.29. The van der Waals surface area contributed by atoms with Gasteiger partial charge in [-0.3, -0.25) is 0 Å². The minimum atomic E-state index is 1.34. The largest absolute Gasteiger partial charge is 0.135 e. The Hall–Kier alpha value is -10.7. The van der Waals surface area contributed by atoms with Gasteiger partial charge < -0.3 is 0 Å². The molecule has 24 rings (SSSR count). The van der Waals surface area contributed by atoms with Crippen molar-refractivity contribution in [2.45, 2.75) is 111 Å². The van der Waals surface area contributed by atoms with E-state index in [0.717, 1.165) is 0 Å². The van der Waals surface area contributed by atoms with Gasteiger partial charge in [0.15, 0.2) is 0 Å². The van der Waals surface area contributed by atoms with Crippen molar-refractivity contribution in [3.05, 3.63) is 380 Å². The summed E-state index contributed by atoms with van der Waals surface area (Å²) in [6, 6.07) is 106. The summed E-state index contributed by atoms with van der Waals surface area (Å²) in [6.07, 6.45) is 0. The highest BCUT2D eigenvalue weighted by atomic mass is 32.1. The highest BCUT2D eigenvalue weighted by Gasteiger charge is 2.15. The van der Waals surface area contributed by atoms with E-state index in [9.17, 15) is 0 Å². The summed E-state index contributed by atoms with van der Waals surface area (Å²) in [5, 5.41) is 22.5. The molecular formula is C112H96S8. The molecular weight excluding hydrogens is 1600 g/mol. The Balaban J connectivity index is 0.0000000979. The van der Waals surface area contributed by atoms with Crippen LogP contribution in [0.3, 0.4) is 0 Å². The number of aryl methyl sites for hydroxylation is 16. The molecule has 0 amide bonds. The summed E-state index contributed by atoms with van der Waals surface area (Å²) in [7, 11) is 0. The van der Waals surface area contributed by atoms with E-state index in [2.05, 4.69) is 402 Å². The van der Waals surface area contributed by atoms with Crippen LogP contribution in [0.1, 0.15) is 89.0 Å². The quantitative estimate of drug-likeness (QED) is 0.142. The SMILES string of the molecule is Cc1ccc2c(c1)sc1c(C)cccc12.Cc1ccc2c(c1)sc1cc(C)ccc12.Cc1ccc2c(c1)sc1ccc(C)cc12.Cc1ccc2c(c1)sc1cccc(C)c12.Cc1ccc2sc3c(C)cccc3c2c1.Cc1cccc2c1sc1c(C)cccc12.Cc1cccc2c1sc1cccc(C)c12.Cc1cccc2sc3cccc(C)c3c12. The van der Waals surface area contributed by atoms with E-state index in [4.69, 9.17) is 0 Å².